The SMILES string of the molecule is COCCNC(=NCC(=O)N(C)C)NCCC1CCCCO1. The monoisotopic (exact) mass is 314 g/mol. The second kappa shape index (κ2) is 11.3. The number of carbonyl (C=O) groups is 1. The zero-order valence-electron chi connectivity index (χ0n) is 14.1. The first-order valence-corrected chi connectivity index (χ1v) is 7.96. The van der Waals surface area contributed by atoms with E-state index < -0.39 is 0 Å². The number of rotatable bonds is 8. The molecule has 1 aliphatic rings. The first-order valence-electron chi connectivity index (χ1n) is 7.96. The van der Waals surface area contributed by atoms with E-state index in [9.17, 15) is 4.79 Å². The number of nitrogens with zero attached hydrogens (tertiary/aromatic N) is 2. The van der Waals surface area contributed by atoms with Gasteiger partial charge in [0, 0.05) is 40.9 Å². The van der Waals surface area contributed by atoms with Crippen LogP contribution in [0.15, 0.2) is 4.99 Å². The molecule has 7 nitrogen and oxygen atoms in total. The molecule has 1 aliphatic heterocycles. The number of nitrogens with one attached hydrogen (secondary N) is 2. The smallest absolute Gasteiger partial charge is 0.243 e. The Morgan fingerprint density at radius 2 is 2.09 bits per heavy atom. The van der Waals surface area contributed by atoms with Crippen molar-refractivity contribution in [2.24, 2.45) is 4.99 Å². The van der Waals surface area contributed by atoms with Gasteiger partial charge in [-0.3, -0.25) is 4.79 Å². The lowest BCUT2D eigenvalue weighted by Crippen LogP contribution is -2.41. The van der Waals surface area contributed by atoms with Gasteiger partial charge >= 0.3 is 0 Å². The van der Waals surface area contributed by atoms with E-state index in [1.54, 1.807) is 21.2 Å². The number of guanidine groups is 1. The van der Waals surface area contributed by atoms with E-state index in [1.807, 2.05) is 0 Å². The third-order valence-corrected chi connectivity index (χ3v) is 3.50. The van der Waals surface area contributed by atoms with Gasteiger partial charge in [0.25, 0.3) is 0 Å². The molecule has 1 heterocycles. The highest BCUT2D eigenvalue weighted by molar-refractivity contribution is 5.84. The average Bonchev–Trinajstić information content (AvgIpc) is 2.52. The minimum Gasteiger partial charge on any atom is -0.383 e. The van der Waals surface area contributed by atoms with Gasteiger partial charge in [0.2, 0.25) is 5.91 Å². The second-order valence-electron chi connectivity index (χ2n) is 5.58. The zero-order chi connectivity index (χ0) is 16.2. The van der Waals surface area contributed by atoms with Crippen molar-refractivity contribution in [3.63, 3.8) is 0 Å². The Balaban J connectivity index is 2.35. The molecule has 7 heteroatoms. The lowest BCUT2D eigenvalue weighted by molar-refractivity contribution is -0.127. The van der Waals surface area contributed by atoms with E-state index in [0.29, 0.717) is 25.2 Å². The number of ether oxygens (including phenoxy) is 2. The molecule has 1 saturated heterocycles. The number of aliphatic imine (C=N–C) groups is 1. The van der Waals surface area contributed by atoms with Crippen LogP contribution in [0.4, 0.5) is 0 Å². The molecule has 0 saturated carbocycles. The summed E-state index contributed by atoms with van der Waals surface area (Å²) < 4.78 is 10.7. The largest absolute Gasteiger partial charge is 0.383 e. The summed E-state index contributed by atoms with van der Waals surface area (Å²) in [6, 6.07) is 0. The predicted molar refractivity (Wildman–Crippen MR) is 87.1 cm³/mol. The van der Waals surface area contributed by atoms with Crippen molar-refractivity contribution in [3.05, 3.63) is 0 Å². The number of amides is 1. The molecule has 1 atom stereocenters. The lowest BCUT2D eigenvalue weighted by atomic mass is 10.1. The van der Waals surface area contributed by atoms with Crippen LogP contribution in [0.5, 0.6) is 0 Å². The minimum atomic E-state index is -0.0246. The summed E-state index contributed by atoms with van der Waals surface area (Å²) >= 11 is 0. The molecule has 1 unspecified atom stereocenters. The van der Waals surface area contributed by atoms with E-state index in [0.717, 1.165) is 26.0 Å². The topological polar surface area (TPSA) is 75.2 Å². The van der Waals surface area contributed by atoms with Gasteiger partial charge in [0.1, 0.15) is 6.54 Å². The first kappa shape index (κ1) is 18.7. The van der Waals surface area contributed by atoms with E-state index in [-0.39, 0.29) is 12.5 Å². The second-order valence-corrected chi connectivity index (χ2v) is 5.58. The third-order valence-electron chi connectivity index (χ3n) is 3.50. The molecule has 0 aliphatic carbocycles. The Bertz CT molecular complexity index is 342. The first-order chi connectivity index (χ1) is 10.6. The molecule has 1 amide bonds. The minimum absolute atomic E-state index is 0.0246. The molecular formula is C15H30N4O3. The molecule has 0 spiro atoms. The molecule has 128 valence electrons. The van der Waals surface area contributed by atoms with Crippen LogP contribution in [-0.4, -0.2) is 76.9 Å². The van der Waals surface area contributed by atoms with Gasteiger partial charge in [-0.1, -0.05) is 0 Å². The summed E-state index contributed by atoms with van der Waals surface area (Å²) in [5.41, 5.74) is 0. The van der Waals surface area contributed by atoms with Crippen LogP contribution in [0.2, 0.25) is 0 Å². The van der Waals surface area contributed by atoms with Crippen LogP contribution in [0.25, 0.3) is 0 Å². The van der Waals surface area contributed by atoms with Crippen molar-refractivity contribution in [1.29, 1.82) is 0 Å². The number of methoxy groups -OCH3 is 1. The fraction of sp³-hybridized carbons (Fsp3) is 0.867. The number of likely N-dealkylation sites (N-methyl/N-ethyl adjacent to an activating group) is 1. The Morgan fingerprint density at radius 3 is 2.73 bits per heavy atom. The maximum atomic E-state index is 11.6. The number of hydrogen-bond donors (Lipinski definition) is 2. The Morgan fingerprint density at radius 1 is 1.32 bits per heavy atom. The Hall–Kier alpha value is -1.34. The normalized spacial score (nSPS) is 18.9. The van der Waals surface area contributed by atoms with E-state index >= 15 is 0 Å². The molecule has 0 bridgehead atoms. The molecule has 0 aromatic heterocycles. The van der Waals surface area contributed by atoms with Crippen molar-refractivity contribution in [2.75, 3.05) is 54.1 Å². The molecule has 2 N–H and O–H groups in total. The van der Waals surface area contributed by atoms with Crippen LogP contribution in [-0.2, 0) is 14.3 Å². The third kappa shape index (κ3) is 8.19. The summed E-state index contributed by atoms with van der Waals surface area (Å²) in [5.74, 6) is 0.617. The van der Waals surface area contributed by atoms with Crippen molar-refractivity contribution in [2.45, 2.75) is 31.8 Å². The number of carbonyl (C=O) groups excluding carboxylic acids is 1. The Kier molecular flexibility index (Phi) is 9.57. The fourth-order valence-electron chi connectivity index (χ4n) is 2.12. The molecule has 1 rings (SSSR count). The highest BCUT2D eigenvalue weighted by atomic mass is 16.5. The summed E-state index contributed by atoms with van der Waals surface area (Å²) in [5, 5.41) is 6.41. The van der Waals surface area contributed by atoms with E-state index in [1.165, 1.54) is 17.7 Å². The molecular weight excluding hydrogens is 284 g/mol. The highest BCUT2D eigenvalue weighted by Gasteiger charge is 2.13. The van der Waals surface area contributed by atoms with E-state index in [2.05, 4.69) is 15.6 Å². The number of hydrogen-bond acceptors (Lipinski definition) is 4. The Labute approximate surface area is 133 Å². The molecule has 0 aromatic rings. The van der Waals surface area contributed by atoms with Gasteiger partial charge in [-0.05, 0) is 25.7 Å². The maximum absolute atomic E-state index is 11.6. The van der Waals surface area contributed by atoms with Gasteiger partial charge in [-0.2, -0.15) is 0 Å². The quantitative estimate of drug-likeness (QED) is 0.381. The predicted octanol–water partition coefficient (Wildman–Crippen LogP) is 0.215. The molecule has 22 heavy (non-hydrogen) atoms. The van der Waals surface area contributed by atoms with Crippen LogP contribution in [0.1, 0.15) is 25.7 Å². The molecule has 0 radical (unpaired) electrons. The van der Waals surface area contributed by atoms with Crippen LogP contribution in [0, 0.1) is 0 Å². The molecule has 1 fully saturated rings. The fourth-order valence-corrected chi connectivity index (χ4v) is 2.12. The van der Waals surface area contributed by atoms with Gasteiger partial charge in [0.15, 0.2) is 5.96 Å². The van der Waals surface area contributed by atoms with Gasteiger partial charge in [0.05, 0.1) is 12.7 Å². The summed E-state index contributed by atoms with van der Waals surface area (Å²) in [4.78, 5) is 17.5. The van der Waals surface area contributed by atoms with Crippen molar-refractivity contribution >= 4 is 11.9 Å². The van der Waals surface area contributed by atoms with Crippen molar-refractivity contribution in [1.82, 2.24) is 15.5 Å². The lowest BCUT2D eigenvalue weighted by Gasteiger charge is -2.23. The van der Waals surface area contributed by atoms with Gasteiger partial charge < -0.3 is 25.0 Å². The van der Waals surface area contributed by atoms with Gasteiger partial charge in [-0.25, -0.2) is 4.99 Å². The standard InChI is InChI=1S/C15H30N4O3/c1-19(2)14(20)12-18-15(17-9-11-21-3)16-8-7-13-6-4-5-10-22-13/h13H,4-12H2,1-3H3,(H2,16,17,18). The summed E-state index contributed by atoms with van der Waals surface area (Å²) in [6.07, 6.45) is 4.83. The van der Waals surface area contributed by atoms with E-state index in [4.69, 9.17) is 9.47 Å². The zero-order valence-corrected chi connectivity index (χ0v) is 14.1. The average molecular weight is 314 g/mol. The van der Waals surface area contributed by atoms with Crippen molar-refractivity contribution in [3.8, 4) is 0 Å². The van der Waals surface area contributed by atoms with Crippen molar-refractivity contribution < 1.29 is 14.3 Å². The highest BCUT2D eigenvalue weighted by Crippen LogP contribution is 2.14. The van der Waals surface area contributed by atoms with Crippen LogP contribution in [0.3, 0.4) is 0 Å². The van der Waals surface area contributed by atoms with Gasteiger partial charge in [-0.15, -0.1) is 0 Å². The summed E-state index contributed by atoms with van der Waals surface area (Å²) in [7, 11) is 5.11. The summed E-state index contributed by atoms with van der Waals surface area (Å²) in [6.45, 7) is 3.02. The molecule has 0 aromatic carbocycles. The maximum Gasteiger partial charge on any atom is 0.243 e. The van der Waals surface area contributed by atoms with Crippen LogP contribution < -0.4 is 10.6 Å². The van der Waals surface area contributed by atoms with Crippen LogP contribution >= 0.6 is 0 Å².